The summed E-state index contributed by atoms with van der Waals surface area (Å²) in [6.45, 7) is 7.84. The van der Waals surface area contributed by atoms with Crippen molar-refractivity contribution < 1.29 is 18.0 Å². The monoisotopic (exact) mass is 570 g/mol. The van der Waals surface area contributed by atoms with Crippen molar-refractivity contribution in [3.05, 3.63) is 76.7 Å². The number of nitrogens with one attached hydrogen (secondary N) is 2. The second kappa shape index (κ2) is 12.9. The van der Waals surface area contributed by atoms with Crippen LogP contribution in [0.4, 0.5) is 18.9 Å². The van der Waals surface area contributed by atoms with Gasteiger partial charge in [0.25, 0.3) is 0 Å². The first-order chi connectivity index (χ1) is 19.2. The van der Waals surface area contributed by atoms with Gasteiger partial charge in [0.15, 0.2) is 0 Å². The highest BCUT2D eigenvalue weighted by atomic mass is 32.1. The quantitative estimate of drug-likeness (QED) is 0.357. The molecule has 2 N–H and O–H groups in total. The van der Waals surface area contributed by atoms with Gasteiger partial charge in [-0.25, -0.2) is 0 Å². The Morgan fingerprint density at radius 2 is 1.80 bits per heavy atom. The van der Waals surface area contributed by atoms with E-state index in [2.05, 4.69) is 34.6 Å². The number of piperidine rings is 1. The van der Waals surface area contributed by atoms with Gasteiger partial charge in [-0.2, -0.15) is 13.2 Å². The van der Waals surface area contributed by atoms with Gasteiger partial charge in [-0.3, -0.25) is 9.69 Å². The first-order valence-electron chi connectivity index (χ1n) is 14.1. The van der Waals surface area contributed by atoms with Crippen LogP contribution >= 0.6 is 11.3 Å². The molecule has 2 aliphatic heterocycles. The first kappa shape index (κ1) is 28.8. The number of thiophene rings is 1. The van der Waals surface area contributed by atoms with Gasteiger partial charge in [-0.15, -0.1) is 11.3 Å². The lowest BCUT2D eigenvalue weighted by Crippen LogP contribution is -2.48. The molecule has 2 aromatic carbocycles. The minimum Gasteiger partial charge on any atom is -0.317 e. The number of halogens is 3. The van der Waals surface area contributed by atoms with E-state index < -0.39 is 12.1 Å². The molecule has 0 aliphatic carbocycles. The molecule has 3 heterocycles. The number of nitrogens with zero attached hydrogens (tertiary/aromatic N) is 2. The van der Waals surface area contributed by atoms with Crippen molar-refractivity contribution in [1.29, 1.82) is 0 Å². The number of benzene rings is 2. The Morgan fingerprint density at radius 1 is 1.02 bits per heavy atom. The summed E-state index contributed by atoms with van der Waals surface area (Å²) in [5.41, 5.74) is 2.84. The summed E-state index contributed by atoms with van der Waals surface area (Å²) < 4.78 is 41.2. The van der Waals surface area contributed by atoms with E-state index in [-0.39, 0.29) is 12.2 Å². The fraction of sp³-hybridized carbons (Fsp3) is 0.452. The second-order valence-corrected chi connectivity index (χ2v) is 12.2. The van der Waals surface area contributed by atoms with Gasteiger partial charge in [-0.1, -0.05) is 30.3 Å². The van der Waals surface area contributed by atoms with Gasteiger partial charge in [-0.05, 0) is 92.2 Å². The zero-order chi connectivity index (χ0) is 28.1. The molecule has 5 nitrogen and oxygen atoms in total. The number of alkyl halides is 3. The lowest BCUT2D eigenvalue weighted by molar-refractivity contribution is -0.170. The zero-order valence-corrected chi connectivity index (χ0v) is 23.7. The molecule has 0 spiro atoms. The summed E-state index contributed by atoms with van der Waals surface area (Å²) in [6, 6.07) is 19.2. The summed E-state index contributed by atoms with van der Waals surface area (Å²) in [5.74, 6) is -1.36. The lowest BCUT2D eigenvalue weighted by Gasteiger charge is -2.31. The van der Waals surface area contributed by atoms with Crippen molar-refractivity contribution in [1.82, 2.24) is 15.5 Å². The van der Waals surface area contributed by atoms with E-state index in [4.69, 9.17) is 0 Å². The number of hydrogen-bond donors (Lipinski definition) is 2. The normalized spacial score (nSPS) is 19.1. The SMILES string of the molecule is C[C@H]1CN(Cc2ccc(-c3cccc(CN(C(=O)C(F)(F)F)c4cccc(CC5CCNCC5)c4)c3)s2)CCN1. The topological polar surface area (TPSA) is 47.6 Å². The molecule has 2 aliphatic rings. The lowest BCUT2D eigenvalue weighted by atomic mass is 9.91. The molecule has 0 saturated carbocycles. The molecule has 9 heteroatoms. The van der Waals surface area contributed by atoms with Gasteiger partial charge in [0, 0.05) is 47.7 Å². The molecule has 0 radical (unpaired) electrons. The van der Waals surface area contributed by atoms with E-state index in [0.29, 0.717) is 17.5 Å². The second-order valence-electron chi connectivity index (χ2n) is 11.0. The molecular formula is C31H37F3N4OS. The van der Waals surface area contributed by atoms with E-state index >= 15 is 0 Å². The molecule has 40 heavy (non-hydrogen) atoms. The van der Waals surface area contributed by atoms with Crippen molar-refractivity contribution in [2.75, 3.05) is 37.6 Å². The van der Waals surface area contributed by atoms with E-state index in [1.54, 1.807) is 35.6 Å². The maximum Gasteiger partial charge on any atom is 0.471 e. The largest absolute Gasteiger partial charge is 0.471 e. The highest BCUT2D eigenvalue weighted by Crippen LogP contribution is 2.32. The van der Waals surface area contributed by atoms with Crippen LogP contribution in [0.2, 0.25) is 0 Å². The molecule has 0 bridgehead atoms. The number of amides is 1. The molecule has 1 atom stereocenters. The van der Waals surface area contributed by atoms with Crippen molar-refractivity contribution in [3.63, 3.8) is 0 Å². The average Bonchev–Trinajstić information content (AvgIpc) is 3.40. The molecule has 1 aromatic heterocycles. The minimum atomic E-state index is -4.97. The Kier molecular flexibility index (Phi) is 9.25. The average molecular weight is 571 g/mol. The summed E-state index contributed by atoms with van der Waals surface area (Å²) >= 11 is 1.71. The van der Waals surface area contributed by atoms with Crippen LogP contribution in [-0.2, 0) is 24.3 Å². The summed E-state index contributed by atoms with van der Waals surface area (Å²) in [5, 5.41) is 6.81. The van der Waals surface area contributed by atoms with E-state index in [9.17, 15) is 18.0 Å². The van der Waals surface area contributed by atoms with Gasteiger partial charge < -0.3 is 15.5 Å². The van der Waals surface area contributed by atoms with Crippen LogP contribution in [0.1, 0.15) is 35.8 Å². The third-order valence-corrected chi connectivity index (χ3v) is 8.86. The van der Waals surface area contributed by atoms with Crippen molar-refractivity contribution in [2.45, 2.75) is 51.5 Å². The van der Waals surface area contributed by atoms with E-state index in [0.717, 1.165) is 79.4 Å². The van der Waals surface area contributed by atoms with Gasteiger partial charge >= 0.3 is 12.1 Å². The third kappa shape index (κ3) is 7.51. The Bertz CT molecular complexity index is 1290. The van der Waals surface area contributed by atoms with Crippen LogP contribution in [0.3, 0.4) is 0 Å². The molecule has 0 unspecified atom stereocenters. The fourth-order valence-electron chi connectivity index (χ4n) is 5.70. The fourth-order valence-corrected chi connectivity index (χ4v) is 6.75. The highest BCUT2D eigenvalue weighted by molar-refractivity contribution is 7.15. The van der Waals surface area contributed by atoms with Gasteiger partial charge in [0.1, 0.15) is 0 Å². The summed E-state index contributed by atoms with van der Waals surface area (Å²) in [6.07, 6.45) is -2.08. The van der Waals surface area contributed by atoms with Crippen molar-refractivity contribution >= 4 is 22.9 Å². The third-order valence-electron chi connectivity index (χ3n) is 7.74. The Labute approximate surface area is 238 Å². The standard InChI is InChI=1S/C31H37F3N4OS/c1-22-19-37(15-14-36-22)21-28-8-9-29(40-28)26-6-2-5-25(17-26)20-38(30(39)31(32,33)34)27-7-3-4-24(18-27)16-23-10-12-35-13-11-23/h2-9,17-18,22-23,35-36H,10-16,19-21H2,1H3/t22-/m0/s1. The number of rotatable bonds is 8. The summed E-state index contributed by atoms with van der Waals surface area (Å²) in [4.78, 5) is 18.3. The number of carbonyl (C=O) groups is 1. The predicted molar refractivity (Wildman–Crippen MR) is 155 cm³/mol. The van der Waals surface area contributed by atoms with E-state index in [1.807, 2.05) is 24.3 Å². The number of piperazine rings is 1. The van der Waals surface area contributed by atoms with E-state index in [1.165, 1.54) is 4.88 Å². The minimum absolute atomic E-state index is 0.153. The Hall–Kier alpha value is -2.72. The van der Waals surface area contributed by atoms with Crippen LogP contribution in [0.25, 0.3) is 10.4 Å². The molecule has 3 aromatic rings. The molecule has 5 rings (SSSR count). The summed E-state index contributed by atoms with van der Waals surface area (Å²) in [7, 11) is 0. The zero-order valence-electron chi connectivity index (χ0n) is 22.8. The van der Waals surface area contributed by atoms with Gasteiger partial charge in [0.05, 0.1) is 6.54 Å². The van der Waals surface area contributed by atoms with Gasteiger partial charge in [0.2, 0.25) is 0 Å². The van der Waals surface area contributed by atoms with Crippen LogP contribution in [-0.4, -0.2) is 55.7 Å². The smallest absolute Gasteiger partial charge is 0.317 e. The van der Waals surface area contributed by atoms with Crippen LogP contribution in [0, 0.1) is 5.92 Å². The van der Waals surface area contributed by atoms with Crippen molar-refractivity contribution in [3.8, 4) is 10.4 Å². The Balaban J connectivity index is 1.34. The molecular weight excluding hydrogens is 533 g/mol. The molecule has 214 valence electrons. The highest BCUT2D eigenvalue weighted by Gasteiger charge is 2.43. The Morgan fingerprint density at radius 3 is 2.58 bits per heavy atom. The number of carbonyl (C=O) groups excluding carboxylic acids is 1. The number of anilines is 1. The molecule has 1 amide bonds. The maximum atomic E-state index is 13.7. The van der Waals surface area contributed by atoms with Crippen LogP contribution in [0.5, 0.6) is 0 Å². The molecule has 2 saturated heterocycles. The first-order valence-corrected chi connectivity index (χ1v) is 14.9. The van der Waals surface area contributed by atoms with Crippen LogP contribution < -0.4 is 15.5 Å². The van der Waals surface area contributed by atoms with Crippen LogP contribution in [0.15, 0.2) is 60.7 Å². The predicted octanol–water partition coefficient (Wildman–Crippen LogP) is 5.85. The molecule has 2 fully saturated rings. The van der Waals surface area contributed by atoms with Crippen molar-refractivity contribution in [2.24, 2.45) is 5.92 Å². The maximum absolute atomic E-state index is 13.7. The number of hydrogen-bond acceptors (Lipinski definition) is 5.